The quantitative estimate of drug-likeness (QED) is 0.612. The number of nitrogens with zero attached hydrogens (tertiary/aromatic N) is 2. The molecular formula is C18H20Cl2N2O3S. The molecule has 0 amide bonds. The van der Waals surface area contributed by atoms with E-state index in [4.69, 9.17) is 27.6 Å². The van der Waals surface area contributed by atoms with Gasteiger partial charge in [-0.05, 0) is 49.8 Å². The number of Topliss-reactive ketones (excluding diaryl/α,β-unsaturated/α-hetero) is 1. The molecule has 0 N–H and O–H groups in total. The van der Waals surface area contributed by atoms with Gasteiger partial charge in [0.15, 0.2) is 0 Å². The molecule has 2 aromatic rings. The molecule has 1 aromatic carbocycles. The summed E-state index contributed by atoms with van der Waals surface area (Å²) in [6.45, 7) is 1.54. The van der Waals surface area contributed by atoms with Gasteiger partial charge in [-0.3, -0.25) is 4.79 Å². The average molecular weight is 415 g/mol. The molecule has 140 valence electrons. The maximum Gasteiger partial charge on any atom is 0.263 e. The second-order valence-corrected chi connectivity index (χ2v) is 8.65. The first-order valence-corrected chi connectivity index (χ1v) is 10.5. The minimum absolute atomic E-state index is 0.0480. The van der Waals surface area contributed by atoms with Crippen LogP contribution in [0.15, 0.2) is 40.0 Å². The summed E-state index contributed by atoms with van der Waals surface area (Å²) in [6.07, 6.45) is 7.10. The molecule has 8 heteroatoms. The number of benzene rings is 1. The first kappa shape index (κ1) is 19.5. The van der Waals surface area contributed by atoms with Crippen LogP contribution in [-0.4, -0.2) is 32.4 Å². The molecular weight excluding hydrogens is 395 g/mol. The zero-order valence-corrected chi connectivity index (χ0v) is 16.5. The van der Waals surface area contributed by atoms with Crippen LogP contribution in [0.2, 0.25) is 10.0 Å². The van der Waals surface area contributed by atoms with Gasteiger partial charge >= 0.3 is 0 Å². The SMILES string of the molecule is O=C(CCCC1CCN(S(=O)c2ccc(Cl)c(Cl)c2)CC1)c1ncco1. The fourth-order valence-electron chi connectivity index (χ4n) is 3.12. The largest absolute Gasteiger partial charge is 0.442 e. The van der Waals surface area contributed by atoms with Crippen LogP contribution < -0.4 is 0 Å². The Hall–Kier alpha value is -1.21. The highest BCUT2D eigenvalue weighted by Gasteiger charge is 2.24. The van der Waals surface area contributed by atoms with Crippen LogP contribution in [0.1, 0.15) is 42.8 Å². The Balaban J connectivity index is 1.43. The van der Waals surface area contributed by atoms with Gasteiger partial charge in [0, 0.05) is 19.5 Å². The van der Waals surface area contributed by atoms with E-state index in [0.717, 1.165) is 38.8 Å². The lowest BCUT2D eigenvalue weighted by Crippen LogP contribution is -2.35. The number of hydrogen-bond donors (Lipinski definition) is 0. The molecule has 0 aliphatic carbocycles. The summed E-state index contributed by atoms with van der Waals surface area (Å²) in [6, 6.07) is 5.10. The van der Waals surface area contributed by atoms with Gasteiger partial charge in [0.25, 0.3) is 5.89 Å². The van der Waals surface area contributed by atoms with Crippen molar-refractivity contribution in [3.05, 3.63) is 46.6 Å². The number of ketones is 1. The van der Waals surface area contributed by atoms with E-state index in [-0.39, 0.29) is 11.7 Å². The Morgan fingerprint density at radius 1 is 1.27 bits per heavy atom. The van der Waals surface area contributed by atoms with Crippen LogP contribution in [0.3, 0.4) is 0 Å². The van der Waals surface area contributed by atoms with Gasteiger partial charge in [-0.15, -0.1) is 0 Å². The lowest BCUT2D eigenvalue weighted by molar-refractivity contribution is 0.0942. The van der Waals surface area contributed by atoms with Gasteiger partial charge in [0.1, 0.15) is 17.2 Å². The molecule has 0 spiro atoms. The van der Waals surface area contributed by atoms with Crippen LogP contribution in [-0.2, 0) is 11.0 Å². The van der Waals surface area contributed by atoms with Crippen molar-refractivity contribution in [3.63, 3.8) is 0 Å². The maximum absolute atomic E-state index is 12.7. The van der Waals surface area contributed by atoms with Gasteiger partial charge < -0.3 is 4.42 Å². The summed E-state index contributed by atoms with van der Waals surface area (Å²) in [7, 11) is -1.22. The molecule has 1 aliphatic rings. The van der Waals surface area contributed by atoms with E-state index in [2.05, 4.69) is 4.98 Å². The molecule has 1 aromatic heterocycles. The zero-order chi connectivity index (χ0) is 18.5. The summed E-state index contributed by atoms with van der Waals surface area (Å²) < 4.78 is 19.7. The average Bonchev–Trinajstić information content (AvgIpc) is 3.19. The Labute approximate surface area is 165 Å². The number of oxazole rings is 1. The van der Waals surface area contributed by atoms with E-state index in [1.807, 2.05) is 4.31 Å². The Kier molecular flexibility index (Phi) is 6.86. The lowest BCUT2D eigenvalue weighted by Gasteiger charge is -2.30. The maximum atomic E-state index is 12.7. The molecule has 1 fully saturated rings. The fraction of sp³-hybridized carbons (Fsp3) is 0.444. The van der Waals surface area contributed by atoms with Gasteiger partial charge in [0.2, 0.25) is 5.78 Å². The predicted octanol–water partition coefficient (Wildman–Crippen LogP) is 4.77. The highest BCUT2D eigenvalue weighted by atomic mass is 35.5. The van der Waals surface area contributed by atoms with Crippen LogP contribution >= 0.6 is 23.2 Å². The van der Waals surface area contributed by atoms with E-state index < -0.39 is 11.0 Å². The summed E-state index contributed by atoms with van der Waals surface area (Å²) >= 11 is 11.9. The van der Waals surface area contributed by atoms with Crippen molar-refractivity contribution in [2.75, 3.05) is 13.1 Å². The Morgan fingerprint density at radius 3 is 2.69 bits per heavy atom. The second-order valence-electron chi connectivity index (χ2n) is 6.35. The molecule has 2 heterocycles. The summed E-state index contributed by atoms with van der Waals surface area (Å²) in [5.41, 5.74) is 0. The molecule has 1 saturated heterocycles. The van der Waals surface area contributed by atoms with Crippen molar-refractivity contribution < 1.29 is 13.4 Å². The van der Waals surface area contributed by atoms with Crippen molar-refractivity contribution >= 4 is 40.0 Å². The molecule has 26 heavy (non-hydrogen) atoms. The molecule has 3 rings (SSSR count). The summed E-state index contributed by atoms with van der Waals surface area (Å²) in [4.78, 5) is 16.4. The topological polar surface area (TPSA) is 63.4 Å². The standard InChI is InChI=1S/C18H20Cl2N2O3S/c19-15-5-4-14(12-16(15)20)26(24)22-9-6-13(7-10-22)2-1-3-17(23)18-21-8-11-25-18/h4-5,8,11-13H,1-3,6-7,9-10H2. The molecule has 1 unspecified atom stereocenters. The number of carbonyl (C=O) groups excluding carboxylic acids is 1. The van der Waals surface area contributed by atoms with Gasteiger partial charge in [-0.25, -0.2) is 13.5 Å². The highest BCUT2D eigenvalue weighted by molar-refractivity contribution is 7.82. The second kappa shape index (κ2) is 9.13. The molecule has 5 nitrogen and oxygen atoms in total. The van der Waals surface area contributed by atoms with Gasteiger partial charge in [-0.2, -0.15) is 0 Å². The minimum Gasteiger partial charge on any atom is -0.442 e. The van der Waals surface area contributed by atoms with Gasteiger partial charge in [-0.1, -0.05) is 23.2 Å². The van der Waals surface area contributed by atoms with Gasteiger partial charge in [0.05, 0.1) is 21.1 Å². The third-order valence-corrected chi connectivity index (χ3v) is 6.82. The Bertz CT molecular complexity index is 775. The number of piperidine rings is 1. The third-order valence-electron chi connectivity index (χ3n) is 4.59. The zero-order valence-electron chi connectivity index (χ0n) is 14.2. The van der Waals surface area contributed by atoms with E-state index in [9.17, 15) is 9.00 Å². The molecule has 0 bridgehead atoms. The van der Waals surface area contributed by atoms with E-state index in [1.54, 1.807) is 18.2 Å². The molecule has 0 radical (unpaired) electrons. The van der Waals surface area contributed by atoms with E-state index >= 15 is 0 Å². The minimum atomic E-state index is -1.22. The molecule has 1 aliphatic heterocycles. The first-order valence-electron chi connectivity index (χ1n) is 8.59. The highest BCUT2D eigenvalue weighted by Crippen LogP contribution is 2.28. The van der Waals surface area contributed by atoms with E-state index in [0.29, 0.717) is 27.3 Å². The van der Waals surface area contributed by atoms with Crippen molar-refractivity contribution in [2.24, 2.45) is 5.92 Å². The molecule has 0 saturated carbocycles. The van der Waals surface area contributed by atoms with Crippen LogP contribution in [0.25, 0.3) is 0 Å². The Morgan fingerprint density at radius 2 is 2.04 bits per heavy atom. The van der Waals surface area contributed by atoms with Crippen molar-refractivity contribution in [2.45, 2.75) is 37.0 Å². The normalized spacial score (nSPS) is 17.3. The van der Waals surface area contributed by atoms with Crippen LogP contribution in [0.5, 0.6) is 0 Å². The number of carbonyl (C=O) groups is 1. The lowest BCUT2D eigenvalue weighted by atomic mass is 9.92. The smallest absolute Gasteiger partial charge is 0.263 e. The summed E-state index contributed by atoms with van der Waals surface area (Å²) in [5.74, 6) is 0.694. The number of aromatic nitrogens is 1. The monoisotopic (exact) mass is 414 g/mol. The number of halogens is 2. The van der Waals surface area contributed by atoms with Crippen molar-refractivity contribution in [1.29, 1.82) is 0 Å². The molecule has 1 atom stereocenters. The number of hydrogen-bond acceptors (Lipinski definition) is 4. The third kappa shape index (κ3) is 4.94. The number of rotatable bonds is 7. The van der Waals surface area contributed by atoms with Crippen molar-refractivity contribution in [3.8, 4) is 0 Å². The van der Waals surface area contributed by atoms with Crippen LogP contribution in [0, 0.1) is 5.92 Å². The summed E-state index contributed by atoms with van der Waals surface area (Å²) in [5, 5.41) is 0.883. The predicted molar refractivity (Wildman–Crippen MR) is 102 cm³/mol. The fourth-order valence-corrected chi connectivity index (χ4v) is 4.72. The van der Waals surface area contributed by atoms with E-state index in [1.165, 1.54) is 12.5 Å². The van der Waals surface area contributed by atoms with Crippen LogP contribution in [0.4, 0.5) is 0 Å². The first-order chi connectivity index (χ1) is 12.5. The van der Waals surface area contributed by atoms with Crippen molar-refractivity contribution in [1.82, 2.24) is 9.29 Å².